The first-order valence-electron chi connectivity index (χ1n) is 15.2. The molecule has 0 saturated heterocycles. The van der Waals surface area contributed by atoms with Crippen LogP contribution in [0.1, 0.15) is 26.7 Å². The predicted octanol–water partition coefficient (Wildman–Crippen LogP) is 9.48. The molecule has 0 aliphatic heterocycles. The average Bonchev–Trinajstić information content (AvgIpc) is 3.12. The fourth-order valence-corrected chi connectivity index (χ4v) is 6.43. The molecule has 6 aromatic rings. The summed E-state index contributed by atoms with van der Waals surface area (Å²) in [4.78, 5) is 41.4. The SMILES string of the molecule is O=C(Nc1cccc(SC(C(=O)Nc2cccc3ccccc23)c2ccccc2)c1)/C(=C\c1ccc(Br)cc1)NC(=O)c1ccccc1. The van der Waals surface area contributed by atoms with Gasteiger partial charge in [0.2, 0.25) is 5.91 Å². The van der Waals surface area contributed by atoms with Crippen molar-refractivity contribution in [3.63, 3.8) is 0 Å². The maximum absolute atomic E-state index is 13.9. The van der Waals surface area contributed by atoms with Crippen LogP contribution in [0.2, 0.25) is 0 Å². The van der Waals surface area contributed by atoms with Gasteiger partial charge in [-0.2, -0.15) is 0 Å². The van der Waals surface area contributed by atoms with Gasteiger partial charge in [-0.3, -0.25) is 14.4 Å². The highest BCUT2D eigenvalue weighted by atomic mass is 79.9. The van der Waals surface area contributed by atoms with Crippen molar-refractivity contribution in [3.05, 3.63) is 179 Å². The van der Waals surface area contributed by atoms with Crippen molar-refractivity contribution < 1.29 is 14.4 Å². The first-order chi connectivity index (χ1) is 23.4. The topological polar surface area (TPSA) is 87.3 Å². The minimum absolute atomic E-state index is 0.0841. The molecule has 6 aromatic carbocycles. The van der Waals surface area contributed by atoms with Crippen LogP contribution in [0.5, 0.6) is 0 Å². The van der Waals surface area contributed by atoms with Crippen LogP contribution in [-0.4, -0.2) is 17.7 Å². The molecule has 0 aromatic heterocycles. The molecule has 1 unspecified atom stereocenters. The van der Waals surface area contributed by atoms with Gasteiger partial charge in [0.25, 0.3) is 11.8 Å². The third-order valence-corrected chi connectivity index (χ3v) is 9.22. The van der Waals surface area contributed by atoms with Crippen LogP contribution in [0.3, 0.4) is 0 Å². The molecule has 0 spiro atoms. The van der Waals surface area contributed by atoms with E-state index in [1.54, 1.807) is 36.4 Å². The molecule has 8 heteroatoms. The Labute approximate surface area is 291 Å². The summed E-state index contributed by atoms with van der Waals surface area (Å²) in [5.74, 6) is -1.06. The number of thioether (sulfide) groups is 1. The summed E-state index contributed by atoms with van der Waals surface area (Å²) in [6, 6.07) is 46.8. The quantitative estimate of drug-likeness (QED) is 0.0976. The van der Waals surface area contributed by atoms with E-state index in [2.05, 4.69) is 31.9 Å². The molecule has 6 rings (SSSR count). The normalized spacial score (nSPS) is 11.8. The van der Waals surface area contributed by atoms with Gasteiger partial charge in [0, 0.05) is 31.7 Å². The van der Waals surface area contributed by atoms with Crippen LogP contribution in [0, 0.1) is 0 Å². The number of rotatable bonds is 10. The highest BCUT2D eigenvalue weighted by molar-refractivity contribution is 9.10. The van der Waals surface area contributed by atoms with Crippen LogP contribution in [0.25, 0.3) is 16.8 Å². The van der Waals surface area contributed by atoms with Gasteiger partial charge >= 0.3 is 0 Å². The molecular weight excluding hydrogens is 682 g/mol. The van der Waals surface area contributed by atoms with Gasteiger partial charge in [-0.25, -0.2) is 0 Å². The van der Waals surface area contributed by atoms with Crippen molar-refractivity contribution >= 4 is 73.6 Å². The third-order valence-electron chi connectivity index (χ3n) is 7.44. The lowest BCUT2D eigenvalue weighted by Gasteiger charge is -2.18. The molecule has 236 valence electrons. The zero-order valence-electron chi connectivity index (χ0n) is 25.6. The number of hydrogen-bond acceptors (Lipinski definition) is 4. The molecule has 3 N–H and O–H groups in total. The summed E-state index contributed by atoms with van der Waals surface area (Å²) >= 11 is 4.82. The molecule has 1 atom stereocenters. The standard InChI is InChI=1S/C40H30BrN3O3S/c41-31-23-21-27(22-24-31)25-36(44-38(45)30-14-5-2-6-15-30)39(46)42-32-17-10-18-33(26-32)48-37(29-12-3-1-4-13-29)40(47)43-35-20-9-16-28-11-7-8-19-34(28)35/h1-26,37H,(H,42,46)(H,43,47)(H,44,45)/b36-25+. The summed E-state index contributed by atoms with van der Waals surface area (Å²) < 4.78 is 0.896. The summed E-state index contributed by atoms with van der Waals surface area (Å²) in [5.41, 5.74) is 3.35. The van der Waals surface area contributed by atoms with E-state index >= 15 is 0 Å². The number of amides is 3. The van der Waals surface area contributed by atoms with E-state index in [4.69, 9.17) is 0 Å². The lowest BCUT2D eigenvalue weighted by molar-refractivity contribution is -0.116. The average molecular weight is 713 g/mol. The Kier molecular flexibility index (Phi) is 10.4. The molecule has 6 nitrogen and oxygen atoms in total. The largest absolute Gasteiger partial charge is 0.324 e. The smallest absolute Gasteiger partial charge is 0.272 e. The molecule has 3 amide bonds. The van der Waals surface area contributed by atoms with Gasteiger partial charge < -0.3 is 16.0 Å². The van der Waals surface area contributed by atoms with E-state index < -0.39 is 17.1 Å². The van der Waals surface area contributed by atoms with Crippen LogP contribution in [-0.2, 0) is 9.59 Å². The maximum Gasteiger partial charge on any atom is 0.272 e. The second kappa shape index (κ2) is 15.4. The number of carbonyl (C=O) groups excluding carboxylic acids is 3. The summed E-state index contributed by atoms with van der Waals surface area (Å²) in [6.07, 6.45) is 1.63. The lowest BCUT2D eigenvalue weighted by atomic mass is 10.1. The van der Waals surface area contributed by atoms with Crippen molar-refractivity contribution in [2.24, 2.45) is 0 Å². The third kappa shape index (κ3) is 8.28. The molecule has 0 aliphatic rings. The molecule has 0 heterocycles. The Hall–Kier alpha value is -5.44. The molecule has 0 radical (unpaired) electrons. The Morgan fingerprint density at radius 1 is 0.667 bits per heavy atom. The van der Waals surface area contributed by atoms with Crippen molar-refractivity contribution in [2.45, 2.75) is 10.1 Å². The van der Waals surface area contributed by atoms with Crippen LogP contribution >= 0.6 is 27.7 Å². The monoisotopic (exact) mass is 711 g/mol. The lowest BCUT2D eigenvalue weighted by Crippen LogP contribution is -2.30. The van der Waals surface area contributed by atoms with E-state index in [1.807, 2.05) is 121 Å². The second-order valence-corrected chi connectivity index (χ2v) is 12.9. The highest BCUT2D eigenvalue weighted by Crippen LogP contribution is 2.38. The van der Waals surface area contributed by atoms with Gasteiger partial charge in [0.05, 0.1) is 0 Å². The molecule has 0 fully saturated rings. The minimum atomic E-state index is -0.575. The number of nitrogens with one attached hydrogen (secondary N) is 3. The van der Waals surface area contributed by atoms with E-state index in [-0.39, 0.29) is 11.6 Å². The molecule has 48 heavy (non-hydrogen) atoms. The zero-order valence-corrected chi connectivity index (χ0v) is 28.0. The number of halogens is 1. The van der Waals surface area contributed by atoms with Crippen LogP contribution in [0.4, 0.5) is 11.4 Å². The van der Waals surface area contributed by atoms with Gasteiger partial charge in [-0.05, 0) is 71.1 Å². The van der Waals surface area contributed by atoms with Crippen LogP contribution < -0.4 is 16.0 Å². The van der Waals surface area contributed by atoms with Gasteiger partial charge in [0.1, 0.15) is 10.9 Å². The molecule has 0 bridgehead atoms. The number of anilines is 2. The number of carbonyl (C=O) groups is 3. The zero-order chi connectivity index (χ0) is 33.3. The fraction of sp³-hybridized carbons (Fsp3) is 0.0250. The molecular formula is C40H30BrN3O3S. The summed E-state index contributed by atoms with van der Waals surface area (Å²) in [7, 11) is 0. The van der Waals surface area contributed by atoms with Crippen molar-refractivity contribution in [3.8, 4) is 0 Å². The molecule has 0 saturated carbocycles. The van der Waals surface area contributed by atoms with Crippen molar-refractivity contribution in [1.29, 1.82) is 0 Å². The Bertz CT molecular complexity index is 2100. The number of fused-ring (bicyclic) bond motifs is 1. The predicted molar refractivity (Wildman–Crippen MR) is 199 cm³/mol. The number of benzene rings is 6. The first kappa shape index (κ1) is 32.5. The maximum atomic E-state index is 13.9. The van der Waals surface area contributed by atoms with Gasteiger partial charge in [-0.1, -0.05) is 119 Å². The van der Waals surface area contributed by atoms with E-state index in [1.165, 1.54) is 11.8 Å². The van der Waals surface area contributed by atoms with Crippen LogP contribution in [0.15, 0.2) is 167 Å². The highest BCUT2D eigenvalue weighted by Gasteiger charge is 2.23. The Morgan fingerprint density at radius 3 is 2.10 bits per heavy atom. The fourth-order valence-electron chi connectivity index (χ4n) is 5.08. The van der Waals surface area contributed by atoms with E-state index in [0.717, 1.165) is 37.0 Å². The minimum Gasteiger partial charge on any atom is -0.324 e. The van der Waals surface area contributed by atoms with E-state index in [9.17, 15) is 14.4 Å². The Balaban J connectivity index is 1.24. The Morgan fingerprint density at radius 2 is 1.33 bits per heavy atom. The first-order valence-corrected chi connectivity index (χ1v) is 16.9. The van der Waals surface area contributed by atoms with Gasteiger partial charge in [-0.15, -0.1) is 11.8 Å². The molecule has 0 aliphatic carbocycles. The summed E-state index contributed by atoms with van der Waals surface area (Å²) in [5, 5.41) is 10.3. The number of hydrogen-bond donors (Lipinski definition) is 3. The van der Waals surface area contributed by atoms with Crippen molar-refractivity contribution in [2.75, 3.05) is 10.6 Å². The second-order valence-electron chi connectivity index (χ2n) is 10.8. The van der Waals surface area contributed by atoms with Gasteiger partial charge in [0.15, 0.2) is 0 Å². The van der Waals surface area contributed by atoms with Crippen molar-refractivity contribution in [1.82, 2.24) is 5.32 Å². The summed E-state index contributed by atoms with van der Waals surface area (Å²) in [6.45, 7) is 0. The van der Waals surface area contributed by atoms with E-state index in [0.29, 0.717) is 11.3 Å².